The number of aromatic nitrogens is 1. The molecule has 2 aromatic rings. The van der Waals surface area contributed by atoms with Crippen molar-refractivity contribution in [1.82, 2.24) is 9.88 Å². The van der Waals surface area contributed by atoms with Gasteiger partial charge in [0.05, 0.1) is 30.0 Å². The molecule has 3 saturated heterocycles. The maximum atomic E-state index is 14.1. The first-order chi connectivity index (χ1) is 14.9. The highest BCUT2D eigenvalue weighted by molar-refractivity contribution is 6.07. The van der Waals surface area contributed by atoms with E-state index in [2.05, 4.69) is 4.98 Å². The molecule has 0 saturated carbocycles. The Morgan fingerprint density at radius 1 is 1.00 bits per heavy atom. The molecule has 4 heterocycles. The largest absolute Gasteiger partial charge is 0.370 e. The molecule has 31 heavy (non-hydrogen) atoms. The molecule has 0 bridgehead atoms. The molecule has 0 N–H and O–H groups in total. The molecule has 166 valence electrons. The van der Waals surface area contributed by atoms with E-state index in [1.165, 1.54) is 23.2 Å². The van der Waals surface area contributed by atoms with Crippen LogP contribution < -0.4 is 4.90 Å². The summed E-state index contributed by atoms with van der Waals surface area (Å²) in [6.45, 7) is 2.22. The number of hydrogen-bond acceptors (Lipinski definition) is 5. The predicted octanol–water partition coefficient (Wildman–Crippen LogP) is 3.59. The lowest BCUT2D eigenvalue weighted by Gasteiger charge is -2.40. The third kappa shape index (κ3) is 3.85. The van der Waals surface area contributed by atoms with Gasteiger partial charge in [0.1, 0.15) is 5.82 Å². The first-order valence-corrected chi connectivity index (χ1v) is 10.6. The molecule has 3 aliphatic heterocycles. The summed E-state index contributed by atoms with van der Waals surface area (Å²) >= 11 is 0. The number of amides is 1. The van der Waals surface area contributed by atoms with Gasteiger partial charge in [0.2, 0.25) is 0 Å². The van der Waals surface area contributed by atoms with Crippen LogP contribution in [0.2, 0.25) is 0 Å². The Hall–Kier alpha value is -2.39. The van der Waals surface area contributed by atoms with Crippen molar-refractivity contribution in [3.05, 3.63) is 35.8 Å². The maximum Gasteiger partial charge on any atom is 0.257 e. The number of benzene rings is 1. The van der Waals surface area contributed by atoms with Gasteiger partial charge in [0, 0.05) is 63.4 Å². The van der Waals surface area contributed by atoms with Crippen LogP contribution in [0.4, 0.5) is 18.9 Å². The number of halogens is 3. The van der Waals surface area contributed by atoms with Crippen LogP contribution in [0, 0.1) is 5.82 Å². The molecule has 1 aromatic carbocycles. The summed E-state index contributed by atoms with van der Waals surface area (Å²) in [5.74, 6) is -4.11. The van der Waals surface area contributed by atoms with Gasteiger partial charge in [0.15, 0.2) is 5.79 Å². The van der Waals surface area contributed by atoms with Crippen LogP contribution >= 0.6 is 0 Å². The van der Waals surface area contributed by atoms with Gasteiger partial charge in [-0.2, -0.15) is 0 Å². The van der Waals surface area contributed by atoms with Gasteiger partial charge in [-0.15, -0.1) is 0 Å². The highest BCUT2D eigenvalue weighted by atomic mass is 19.3. The number of anilines is 1. The summed E-state index contributed by atoms with van der Waals surface area (Å²) in [7, 11) is 0. The minimum Gasteiger partial charge on any atom is -0.370 e. The number of nitrogens with zero attached hydrogens (tertiary/aromatic N) is 3. The number of carbonyl (C=O) groups is 1. The van der Waals surface area contributed by atoms with Crippen LogP contribution in [0.3, 0.4) is 0 Å². The molecule has 0 aliphatic carbocycles. The summed E-state index contributed by atoms with van der Waals surface area (Å²) in [6, 6.07) is 4.29. The van der Waals surface area contributed by atoms with E-state index in [0.29, 0.717) is 61.3 Å². The highest BCUT2D eigenvalue weighted by Gasteiger charge is 2.41. The van der Waals surface area contributed by atoms with Crippen molar-refractivity contribution in [2.24, 2.45) is 0 Å². The van der Waals surface area contributed by atoms with Crippen LogP contribution in [-0.2, 0) is 9.47 Å². The number of ether oxygens (including phenoxy) is 2. The second kappa shape index (κ2) is 7.63. The summed E-state index contributed by atoms with van der Waals surface area (Å²) < 4.78 is 52.9. The second-order valence-electron chi connectivity index (χ2n) is 8.42. The van der Waals surface area contributed by atoms with E-state index in [9.17, 15) is 18.0 Å². The number of alkyl halides is 2. The Balaban J connectivity index is 1.50. The third-order valence-corrected chi connectivity index (χ3v) is 6.47. The van der Waals surface area contributed by atoms with Crippen molar-refractivity contribution < 1.29 is 27.4 Å². The van der Waals surface area contributed by atoms with E-state index in [1.54, 1.807) is 6.07 Å². The van der Waals surface area contributed by atoms with E-state index in [-0.39, 0.29) is 31.8 Å². The van der Waals surface area contributed by atoms with Crippen molar-refractivity contribution >= 4 is 22.5 Å². The van der Waals surface area contributed by atoms with Gasteiger partial charge in [0.25, 0.3) is 11.8 Å². The first-order valence-electron chi connectivity index (χ1n) is 10.6. The lowest BCUT2D eigenvalue weighted by Crippen LogP contribution is -2.46. The zero-order valence-corrected chi connectivity index (χ0v) is 17.1. The van der Waals surface area contributed by atoms with E-state index < -0.39 is 17.5 Å². The number of pyridine rings is 1. The van der Waals surface area contributed by atoms with Crippen LogP contribution in [0.5, 0.6) is 0 Å². The standard InChI is InChI=1S/C22H24F3N3O3/c23-15-1-2-18-16(13-15)19(27-9-5-22(6-10-27)30-11-12-31-22)17(14-26-18)20(29)28-7-3-21(24,25)4-8-28/h1-2,13-14H,3-12H2. The summed E-state index contributed by atoms with van der Waals surface area (Å²) in [4.78, 5) is 21.2. The monoisotopic (exact) mass is 435 g/mol. The number of fused-ring (bicyclic) bond motifs is 1. The zero-order valence-electron chi connectivity index (χ0n) is 17.1. The molecule has 0 unspecified atom stereocenters. The van der Waals surface area contributed by atoms with Gasteiger partial charge < -0.3 is 19.3 Å². The topological polar surface area (TPSA) is 54.9 Å². The van der Waals surface area contributed by atoms with Crippen molar-refractivity contribution in [3.63, 3.8) is 0 Å². The second-order valence-corrected chi connectivity index (χ2v) is 8.42. The van der Waals surface area contributed by atoms with Gasteiger partial charge in [-0.05, 0) is 18.2 Å². The lowest BCUT2D eigenvalue weighted by atomic mass is 9.99. The van der Waals surface area contributed by atoms with Gasteiger partial charge in [-0.1, -0.05) is 0 Å². The molecule has 0 atom stereocenters. The lowest BCUT2D eigenvalue weighted by molar-refractivity contribution is -0.169. The predicted molar refractivity (Wildman–Crippen MR) is 108 cm³/mol. The SMILES string of the molecule is O=C(c1cnc2ccc(F)cc2c1N1CCC2(CC1)OCCO2)N1CCC(F)(F)CC1. The molecule has 3 fully saturated rings. The fraction of sp³-hybridized carbons (Fsp3) is 0.545. The van der Waals surface area contributed by atoms with Gasteiger partial charge in [-0.25, -0.2) is 13.2 Å². The normalized spacial score (nSPS) is 22.9. The Morgan fingerprint density at radius 3 is 2.35 bits per heavy atom. The molecule has 0 radical (unpaired) electrons. The number of rotatable bonds is 2. The summed E-state index contributed by atoms with van der Waals surface area (Å²) in [5.41, 5.74) is 1.49. The molecule has 1 aromatic heterocycles. The minimum absolute atomic E-state index is 0.0166. The van der Waals surface area contributed by atoms with E-state index in [0.717, 1.165) is 0 Å². The van der Waals surface area contributed by atoms with E-state index >= 15 is 0 Å². The molecule has 6 nitrogen and oxygen atoms in total. The smallest absolute Gasteiger partial charge is 0.257 e. The van der Waals surface area contributed by atoms with Gasteiger partial charge >= 0.3 is 0 Å². The summed E-state index contributed by atoms with van der Waals surface area (Å²) in [6.07, 6.45) is 2.01. The number of hydrogen-bond donors (Lipinski definition) is 0. The molecular formula is C22H24F3N3O3. The molecule has 1 amide bonds. The zero-order chi connectivity index (χ0) is 21.6. The molecule has 3 aliphatic rings. The molecular weight excluding hydrogens is 411 g/mol. The van der Waals surface area contributed by atoms with E-state index in [4.69, 9.17) is 9.47 Å². The summed E-state index contributed by atoms with van der Waals surface area (Å²) in [5, 5.41) is 0.539. The third-order valence-electron chi connectivity index (χ3n) is 6.47. The van der Waals surface area contributed by atoms with Crippen molar-refractivity contribution in [2.75, 3.05) is 44.3 Å². The van der Waals surface area contributed by atoms with E-state index in [1.807, 2.05) is 4.90 Å². The quantitative estimate of drug-likeness (QED) is 0.722. The van der Waals surface area contributed by atoms with Gasteiger partial charge in [-0.3, -0.25) is 9.78 Å². The number of piperidine rings is 2. The number of likely N-dealkylation sites (tertiary alicyclic amines) is 1. The average molecular weight is 435 g/mol. The highest BCUT2D eigenvalue weighted by Crippen LogP contribution is 2.38. The Morgan fingerprint density at radius 2 is 1.68 bits per heavy atom. The van der Waals surface area contributed by atoms with Crippen LogP contribution in [0.15, 0.2) is 24.4 Å². The Labute approximate surface area is 177 Å². The van der Waals surface area contributed by atoms with Crippen molar-refractivity contribution in [3.8, 4) is 0 Å². The van der Waals surface area contributed by atoms with Crippen LogP contribution in [0.25, 0.3) is 10.9 Å². The van der Waals surface area contributed by atoms with Crippen molar-refractivity contribution in [1.29, 1.82) is 0 Å². The fourth-order valence-electron chi connectivity index (χ4n) is 4.71. The first kappa shape index (κ1) is 20.5. The average Bonchev–Trinajstić information content (AvgIpc) is 3.21. The van der Waals surface area contributed by atoms with Crippen LogP contribution in [0.1, 0.15) is 36.0 Å². The number of carbonyl (C=O) groups excluding carboxylic acids is 1. The minimum atomic E-state index is -2.74. The van der Waals surface area contributed by atoms with Crippen molar-refractivity contribution in [2.45, 2.75) is 37.4 Å². The molecule has 1 spiro atoms. The Bertz CT molecular complexity index is 990. The maximum absolute atomic E-state index is 14.1. The Kier molecular flexibility index (Phi) is 5.05. The molecule has 9 heteroatoms. The fourth-order valence-corrected chi connectivity index (χ4v) is 4.71. The molecule has 5 rings (SSSR count). The van der Waals surface area contributed by atoms with Crippen LogP contribution in [-0.4, -0.2) is 66.9 Å².